The van der Waals surface area contributed by atoms with Crippen molar-refractivity contribution in [3.63, 3.8) is 0 Å². The van der Waals surface area contributed by atoms with Crippen molar-refractivity contribution in [3.05, 3.63) is 66.1 Å². The van der Waals surface area contributed by atoms with Gasteiger partial charge in [0.1, 0.15) is 23.1 Å². The lowest BCUT2D eigenvalue weighted by Gasteiger charge is -2.29. The molecule has 3 aromatic rings. The van der Waals surface area contributed by atoms with Crippen molar-refractivity contribution in [2.24, 2.45) is 0 Å². The van der Waals surface area contributed by atoms with Gasteiger partial charge in [-0.2, -0.15) is 5.10 Å². The number of anilines is 2. The van der Waals surface area contributed by atoms with Crippen LogP contribution in [0.5, 0.6) is 5.75 Å². The van der Waals surface area contributed by atoms with E-state index in [-0.39, 0.29) is 37.1 Å². The summed E-state index contributed by atoms with van der Waals surface area (Å²) < 4.78 is 20.9. The number of rotatable bonds is 5. The summed E-state index contributed by atoms with van der Waals surface area (Å²) in [5, 5.41) is 7.03. The number of aromatic nitrogens is 2. The SMILES string of the molecule is Cc1cc(NC(=O)CCN2C(=O)COc3ccccc32)n(-c2ccccc2F)n1. The maximum atomic E-state index is 14.1. The number of aryl methyl sites for hydroxylation is 1. The Bertz CT molecular complexity index is 1080. The average molecular weight is 394 g/mol. The Morgan fingerprint density at radius 3 is 2.69 bits per heavy atom. The summed E-state index contributed by atoms with van der Waals surface area (Å²) in [7, 11) is 0. The number of amides is 2. The van der Waals surface area contributed by atoms with Crippen LogP contribution >= 0.6 is 0 Å². The molecule has 0 atom stereocenters. The van der Waals surface area contributed by atoms with Crippen LogP contribution in [0.3, 0.4) is 0 Å². The van der Waals surface area contributed by atoms with Gasteiger partial charge >= 0.3 is 0 Å². The monoisotopic (exact) mass is 394 g/mol. The number of hydrogen-bond acceptors (Lipinski definition) is 4. The van der Waals surface area contributed by atoms with E-state index in [4.69, 9.17) is 4.74 Å². The van der Waals surface area contributed by atoms with Crippen molar-refractivity contribution in [3.8, 4) is 11.4 Å². The number of ether oxygens (including phenoxy) is 1. The van der Waals surface area contributed by atoms with Gasteiger partial charge in [-0.25, -0.2) is 9.07 Å². The zero-order valence-electron chi connectivity index (χ0n) is 15.8. The molecule has 0 radical (unpaired) electrons. The van der Waals surface area contributed by atoms with Gasteiger partial charge in [-0.3, -0.25) is 9.59 Å². The molecule has 4 rings (SSSR count). The highest BCUT2D eigenvalue weighted by molar-refractivity contribution is 5.99. The second-order valence-corrected chi connectivity index (χ2v) is 6.63. The molecule has 1 aliphatic rings. The van der Waals surface area contributed by atoms with Gasteiger partial charge in [0, 0.05) is 19.0 Å². The predicted octanol–water partition coefficient (Wildman–Crippen LogP) is 3.07. The Kier molecular flexibility index (Phi) is 4.99. The summed E-state index contributed by atoms with van der Waals surface area (Å²) in [5.74, 6) is 0.0247. The van der Waals surface area contributed by atoms with Crippen LogP contribution in [0.2, 0.25) is 0 Å². The Morgan fingerprint density at radius 1 is 1.17 bits per heavy atom. The predicted molar refractivity (Wildman–Crippen MR) is 106 cm³/mol. The number of halogens is 1. The lowest BCUT2D eigenvalue weighted by Crippen LogP contribution is -2.40. The van der Waals surface area contributed by atoms with E-state index in [0.29, 0.717) is 22.9 Å². The van der Waals surface area contributed by atoms with Gasteiger partial charge < -0.3 is 15.0 Å². The van der Waals surface area contributed by atoms with Crippen LogP contribution in [-0.2, 0) is 9.59 Å². The summed E-state index contributed by atoms with van der Waals surface area (Å²) in [6, 6.07) is 15.1. The van der Waals surface area contributed by atoms with Gasteiger partial charge in [-0.1, -0.05) is 24.3 Å². The smallest absolute Gasteiger partial charge is 0.265 e. The molecule has 0 aliphatic carbocycles. The molecule has 1 aliphatic heterocycles. The highest BCUT2D eigenvalue weighted by Crippen LogP contribution is 2.31. The van der Waals surface area contributed by atoms with Crippen molar-refractivity contribution < 1.29 is 18.7 Å². The largest absolute Gasteiger partial charge is 0.482 e. The Balaban J connectivity index is 1.48. The number of fused-ring (bicyclic) bond motifs is 1. The van der Waals surface area contributed by atoms with Gasteiger partial charge in [0.2, 0.25) is 5.91 Å². The van der Waals surface area contributed by atoms with Crippen molar-refractivity contribution in [1.29, 1.82) is 0 Å². The van der Waals surface area contributed by atoms with Crippen LogP contribution in [0.25, 0.3) is 5.69 Å². The molecular formula is C21H19FN4O3. The third-order valence-corrected chi connectivity index (χ3v) is 4.55. The molecule has 0 unspecified atom stereocenters. The maximum Gasteiger partial charge on any atom is 0.265 e. The summed E-state index contributed by atoms with van der Waals surface area (Å²) in [6.07, 6.45) is 0.0710. The van der Waals surface area contributed by atoms with E-state index in [0.717, 1.165) is 0 Å². The summed E-state index contributed by atoms with van der Waals surface area (Å²) in [4.78, 5) is 26.3. The second-order valence-electron chi connectivity index (χ2n) is 6.63. The van der Waals surface area contributed by atoms with Gasteiger partial charge in [-0.05, 0) is 31.2 Å². The molecule has 7 nitrogen and oxygen atoms in total. The minimum absolute atomic E-state index is 0.0577. The summed E-state index contributed by atoms with van der Waals surface area (Å²) in [5.41, 5.74) is 1.53. The zero-order valence-corrected chi connectivity index (χ0v) is 15.8. The van der Waals surface area contributed by atoms with E-state index in [1.807, 2.05) is 12.1 Å². The molecular weight excluding hydrogens is 375 g/mol. The highest BCUT2D eigenvalue weighted by atomic mass is 19.1. The third kappa shape index (κ3) is 3.82. The number of carbonyl (C=O) groups excluding carboxylic acids is 2. The van der Waals surface area contributed by atoms with E-state index >= 15 is 0 Å². The minimum atomic E-state index is -0.443. The van der Waals surface area contributed by atoms with Gasteiger partial charge in [0.05, 0.1) is 11.4 Å². The highest BCUT2D eigenvalue weighted by Gasteiger charge is 2.25. The number of carbonyl (C=O) groups is 2. The van der Waals surface area contributed by atoms with E-state index in [9.17, 15) is 14.0 Å². The fourth-order valence-corrected chi connectivity index (χ4v) is 3.21. The van der Waals surface area contributed by atoms with Crippen LogP contribution < -0.4 is 15.0 Å². The fourth-order valence-electron chi connectivity index (χ4n) is 3.21. The number of para-hydroxylation sites is 3. The Labute approximate surface area is 166 Å². The van der Waals surface area contributed by atoms with Gasteiger partial charge in [0.25, 0.3) is 5.91 Å². The molecule has 8 heteroatoms. The topological polar surface area (TPSA) is 76.5 Å². The van der Waals surface area contributed by atoms with Crippen molar-refractivity contribution >= 4 is 23.3 Å². The third-order valence-electron chi connectivity index (χ3n) is 4.55. The molecule has 1 N–H and O–H groups in total. The number of benzene rings is 2. The molecule has 1 aromatic heterocycles. The molecule has 0 saturated heterocycles. The van der Waals surface area contributed by atoms with Gasteiger partial charge in [-0.15, -0.1) is 0 Å². The lowest BCUT2D eigenvalue weighted by atomic mass is 10.2. The molecule has 2 amide bonds. The van der Waals surface area contributed by atoms with Crippen molar-refractivity contribution in [2.45, 2.75) is 13.3 Å². The Hall–Kier alpha value is -3.68. The van der Waals surface area contributed by atoms with E-state index in [1.165, 1.54) is 15.6 Å². The first-order chi connectivity index (χ1) is 14.0. The average Bonchev–Trinajstić information content (AvgIpc) is 3.07. The number of hydrogen-bond donors (Lipinski definition) is 1. The normalized spacial score (nSPS) is 13.0. The molecule has 2 heterocycles. The maximum absolute atomic E-state index is 14.1. The first kappa shape index (κ1) is 18.7. The van der Waals surface area contributed by atoms with Crippen LogP contribution in [0, 0.1) is 12.7 Å². The molecule has 0 spiro atoms. The van der Waals surface area contributed by atoms with Crippen molar-refractivity contribution in [1.82, 2.24) is 9.78 Å². The Morgan fingerprint density at radius 2 is 1.90 bits per heavy atom. The summed E-state index contributed by atoms with van der Waals surface area (Å²) in [6.45, 7) is 1.91. The molecule has 148 valence electrons. The van der Waals surface area contributed by atoms with E-state index < -0.39 is 5.82 Å². The van der Waals surface area contributed by atoms with Crippen LogP contribution in [0.1, 0.15) is 12.1 Å². The molecule has 0 saturated carbocycles. The minimum Gasteiger partial charge on any atom is -0.482 e. The molecule has 2 aromatic carbocycles. The molecule has 0 bridgehead atoms. The van der Waals surface area contributed by atoms with Gasteiger partial charge in [0.15, 0.2) is 6.61 Å². The first-order valence-electron chi connectivity index (χ1n) is 9.16. The summed E-state index contributed by atoms with van der Waals surface area (Å²) >= 11 is 0. The van der Waals surface area contributed by atoms with E-state index in [1.54, 1.807) is 43.3 Å². The van der Waals surface area contributed by atoms with E-state index in [2.05, 4.69) is 10.4 Å². The lowest BCUT2D eigenvalue weighted by molar-refractivity contribution is -0.121. The quantitative estimate of drug-likeness (QED) is 0.722. The van der Waals surface area contributed by atoms with Crippen LogP contribution in [-0.4, -0.2) is 34.7 Å². The van der Waals surface area contributed by atoms with Crippen LogP contribution in [0.4, 0.5) is 15.9 Å². The first-order valence-corrected chi connectivity index (χ1v) is 9.16. The number of nitrogens with one attached hydrogen (secondary N) is 1. The molecule has 29 heavy (non-hydrogen) atoms. The number of nitrogens with zero attached hydrogens (tertiary/aromatic N) is 3. The molecule has 0 fully saturated rings. The zero-order chi connectivity index (χ0) is 20.4. The second kappa shape index (κ2) is 7.75. The van der Waals surface area contributed by atoms with Crippen LogP contribution in [0.15, 0.2) is 54.6 Å². The standard InChI is InChI=1S/C21H19FN4O3/c1-14-12-19(26(24-14)16-7-3-2-6-15(16)22)23-20(27)10-11-25-17-8-4-5-9-18(17)29-13-21(25)28/h2-9,12H,10-11,13H2,1H3,(H,23,27). The fraction of sp³-hybridized carbons (Fsp3) is 0.190. The van der Waals surface area contributed by atoms with Crippen molar-refractivity contribution in [2.75, 3.05) is 23.4 Å².